The smallest absolute Gasteiger partial charge is 0 e. The third-order valence-electron chi connectivity index (χ3n) is 0.517. The number of hydrogen-bond donors (Lipinski definition) is 0. The van der Waals surface area contributed by atoms with E-state index in [0.717, 1.165) is 0 Å². The molecule has 0 aromatic carbocycles. The molecule has 0 aliphatic heterocycles. The van der Waals surface area contributed by atoms with E-state index in [1.165, 1.54) is 0 Å². The Labute approximate surface area is 68.0 Å². The Kier molecular flexibility index (Phi) is 4.57. The first-order chi connectivity index (χ1) is 3.00. The van der Waals surface area contributed by atoms with E-state index in [4.69, 9.17) is 0 Å². The number of pyridine rings is 1. The molecule has 33 valence electrons. The van der Waals surface area contributed by atoms with Gasteiger partial charge in [-0.2, -0.15) is 18.2 Å². The quantitative estimate of drug-likeness (QED) is 0.522. The summed E-state index contributed by atoms with van der Waals surface area (Å²) < 4.78 is 0. The zero-order chi connectivity index (χ0) is 4.24. The van der Waals surface area contributed by atoms with Crippen LogP contribution in [-0.4, -0.2) is 4.98 Å². The Balaban J connectivity index is 0.000000360. The minimum atomic E-state index is 0. The third kappa shape index (κ3) is 2.89. The van der Waals surface area contributed by atoms with Crippen LogP contribution < -0.4 is 0 Å². The van der Waals surface area contributed by atoms with Crippen molar-refractivity contribution in [1.29, 1.82) is 0 Å². The average Bonchev–Trinajstić information content (AvgIpc) is 1.72. The minimum Gasteiger partial charge on any atom is -0.394 e. The van der Waals surface area contributed by atoms with Crippen LogP contribution in [0.15, 0.2) is 24.4 Å². The summed E-state index contributed by atoms with van der Waals surface area (Å²) >= 11 is 0. The largest absolute Gasteiger partial charge is 0.394 e. The fourth-order valence-corrected chi connectivity index (χ4v) is 0.277. The molecule has 1 heterocycles. The maximum absolute atomic E-state index is 3.66. The van der Waals surface area contributed by atoms with Crippen molar-refractivity contribution in [3.63, 3.8) is 0 Å². The van der Waals surface area contributed by atoms with E-state index in [0.29, 0.717) is 0 Å². The molecule has 0 bridgehead atoms. The summed E-state index contributed by atoms with van der Waals surface area (Å²) in [7, 11) is 0. The van der Waals surface area contributed by atoms with Crippen LogP contribution in [0.25, 0.3) is 0 Å². The topological polar surface area (TPSA) is 12.9 Å². The van der Waals surface area contributed by atoms with Gasteiger partial charge >= 0.3 is 0 Å². The summed E-state index contributed by atoms with van der Waals surface area (Å²) in [6, 6.07) is 5.50. The van der Waals surface area contributed by atoms with Crippen molar-refractivity contribution in [2.75, 3.05) is 0 Å². The van der Waals surface area contributed by atoms with Gasteiger partial charge in [0.1, 0.15) is 0 Å². The van der Waals surface area contributed by atoms with E-state index in [9.17, 15) is 0 Å². The van der Waals surface area contributed by atoms with Gasteiger partial charge in [0.2, 0.25) is 0 Å². The number of nitrogens with zero attached hydrogens (tertiary/aromatic N) is 1. The molecule has 0 spiro atoms. The molecule has 1 aromatic heterocycles. The summed E-state index contributed by atoms with van der Waals surface area (Å²) in [5.41, 5.74) is 0. The fraction of sp³-hybridized carbons (Fsp3) is 0. The third-order valence-corrected chi connectivity index (χ3v) is 0.517. The van der Waals surface area contributed by atoms with Crippen LogP contribution in [0, 0.1) is 6.20 Å². The fourth-order valence-electron chi connectivity index (χ4n) is 0.277. The molecule has 0 aliphatic carbocycles. The molecule has 1 radical (unpaired) electrons. The standard InChI is InChI=1S/C5H4N.Y/c1-2-4-6-5-3-1;/h1-4H;/q-1;. The van der Waals surface area contributed by atoms with E-state index in [-0.39, 0.29) is 32.7 Å². The Bertz CT molecular complexity index is 80.0. The molecule has 1 nitrogen and oxygen atoms in total. The number of rotatable bonds is 0. The second kappa shape index (κ2) is 4.41. The van der Waals surface area contributed by atoms with Crippen LogP contribution in [0.3, 0.4) is 0 Å². The van der Waals surface area contributed by atoms with E-state index in [1.54, 1.807) is 12.3 Å². The Morgan fingerprint density at radius 1 is 1.29 bits per heavy atom. The molecule has 0 amide bonds. The zero-order valence-electron chi connectivity index (χ0n) is 3.83. The van der Waals surface area contributed by atoms with Gasteiger partial charge in [-0.15, -0.1) is 0 Å². The van der Waals surface area contributed by atoms with Gasteiger partial charge < -0.3 is 4.98 Å². The average molecular weight is 167 g/mol. The summed E-state index contributed by atoms with van der Waals surface area (Å²) in [6.45, 7) is 0. The van der Waals surface area contributed by atoms with Crippen molar-refractivity contribution >= 4 is 0 Å². The van der Waals surface area contributed by atoms with Crippen LogP contribution in [0.5, 0.6) is 0 Å². The van der Waals surface area contributed by atoms with Crippen LogP contribution >= 0.6 is 0 Å². The summed E-state index contributed by atoms with van der Waals surface area (Å²) in [5, 5.41) is 0. The molecule has 7 heavy (non-hydrogen) atoms. The van der Waals surface area contributed by atoms with Crippen LogP contribution in [0.2, 0.25) is 0 Å². The molecule has 0 aliphatic rings. The first-order valence-corrected chi connectivity index (χ1v) is 1.77. The van der Waals surface area contributed by atoms with Crippen molar-refractivity contribution < 1.29 is 32.7 Å². The van der Waals surface area contributed by atoms with Gasteiger partial charge in [-0.3, -0.25) is 0 Å². The van der Waals surface area contributed by atoms with E-state index >= 15 is 0 Å². The molecular formula is C5H4NY-. The molecule has 0 atom stereocenters. The first-order valence-electron chi connectivity index (χ1n) is 1.77. The molecule has 2 heteroatoms. The molecule has 0 unspecified atom stereocenters. The maximum atomic E-state index is 3.66. The molecule has 1 rings (SSSR count). The van der Waals surface area contributed by atoms with Gasteiger partial charge in [0, 0.05) is 32.7 Å². The van der Waals surface area contributed by atoms with Gasteiger partial charge in [0.25, 0.3) is 0 Å². The van der Waals surface area contributed by atoms with Gasteiger partial charge in [0.05, 0.1) is 0 Å². The van der Waals surface area contributed by atoms with Crippen LogP contribution in [0.4, 0.5) is 0 Å². The van der Waals surface area contributed by atoms with E-state index < -0.39 is 0 Å². The van der Waals surface area contributed by atoms with E-state index in [1.807, 2.05) is 12.1 Å². The molecule has 0 N–H and O–H groups in total. The minimum absolute atomic E-state index is 0. The van der Waals surface area contributed by atoms with E-state index in [2.05, 4.69) is 11.2 Å². The maximum Gasteiger partial charge on any atom is 0 e. The molecular weight excluding hydrogens is 163 g/mol. The summed E-state index contributed by atoms with van der Waals surface area (Å²) in [5.74, 6) is 0. The predicted molar refractivity (Wildman–Crippen MR) is 23.1 cm³/mol. The molecule has 0 fully saturated rings. The van der Waals surface area contributed by atoms with Crippen molar-refractivity contribution in [1.82, 2.24) is 4.98 Å². The zero-order valence-corrected chi connectivity index (χ0v) is 6.67. The number of hydrogen-bond acceptors (Lipinski definition) is 1. The van der Waals surface area contributed by atoms with Crippen molar-refractivity contribution in [3.05, 3.63) is 30.6 Å². The van der Waals surface area contributed by atoms with Crippen LogP contribution in [0.1, 0.15) is 0 Å². The normalized spacial score (nSPS) is 6.86. The molecule has 1 aromatic rings. The Hall–Kier alpha value is 0.254. The monoisotopic (exact) mass is 167 g/mol. The van der Waals surface area contributed by atoms with Crippen molar-refractivity contribution in [2.45, 2.75) is 0 Å². The second-order valence-corrected chi connectivity index (χ2v) is 0.959. The van der Waals surface area contributed by atoms with Crippen molar-refractivity contribution in [3.8, 4) is 0 Å². The van der Waals surface area contributed by atoms with Gasteiger partial charge in [-0.25, -0.2) is 0 Å². The number of aromatic nitrogens is 1. The second-order valence-electron chi connectivity index (χ2n) is 0.959. The molecule has 0 saturated heterocycles. The Morgan fingerprint density at radius 2 is 2.14 bits per heavy atom. The van der Waals surface area contributed by atoms with Gasteiger partial charge in [-0.05, 0) is 0 Å². The van der Waals surface area contributed by atoms with Crippen LogP contribution in [-0.2, 0) is 32.7 Å². The first kappa shape index (κ1) is 7.25. The summed E-state index contributed by atoms with van der Waals surface area (Å²) in [6.07, 6.45) is 4.34. The Morgan fingerprint density at radius 3 is 2.29 bits per heavy atom. The SMILES string of the molecule is [Y].[c-]1ccccn1. The van der Waals surface area contributed by atoms with Crippen molar-refractivity contribution in [2.24, 2.45) is 0 Å². The molecule has 0 saturated carbocycles. The summed E-state index contributed by atoms with van der Waals surface area (Å²) in [4.78, 5) is 3.66. The predicted octanol–water partition coefficient (Wildman–Crippen LogP) is 0.879. The van der Waals surface area contributed by atoms with Gasteiger partial charge in [-0.1, -0.05) is 12.4 Å². The van der Waals surface area contributed by atoms with Gasteiger partial charge in [0.15, 0.2) is 0 Å².